The molecule has 0 spiro atoms. The molecule has 1 saturated heterocycles. The van der Waals surface area contributed by atoms with Crippen LogP contribution in [0.15, 0.2) is 18.5 Å². The fourth-order valence-corrected chi connectivity index (χ4v) is 2.55. The number of nitrogens with zero attached hydrogens (tertiary/aromatic N) is 5. The molecule has 0 bridgehead atoms. The Morgan fingerprint density at radius 1 is 1.31 bits per heavy atom. The molecule has 4 N–H and O–H groups in total. The molecule has 0 radical (unpaired) electrons. The van der Waals surface area contributed by atoms with Crippen LogP contribution in [0.5, 0.6) is 5.75 Å². The van der Waals surface area contributed by atoms with Crippen LogP contribution in [0.25, 0.3) is 0 Å². The molecule has 1 fully saturated rings. The molecule has 2 aromatic rings. The zero-order valence-corrected chi connectivity index (χ0v) is 14.0. The SMILES string of the molecule is N#Cc1cnc(Nc2cc(OCC3CCNCC3)c(C(N)=O)nn2)cn1. The molecule has 0 aliphatic carbocycles. The first-order valence-electron chi connectivity index (χ1n) is 8.16. The predicted molar refractivity (Wildman–Crippen MR) is 91.7 cm³/mol. The fourth-order valence-electron chi connectivity index (χ4n) is 2.55. The highest BCUT2D eigenvalue weighted by Gasteiger charge is 2.18. The van der Waals surface area contributed by atoms with Crippen molar-refractivity contribution < 1.29 is 9.53 Å². The van der Waals surface area contributed by atoms with Gasteiger partial charge in [0, 0.05) is 6.07 Å². The molecule has 1 aliphatic rings. The van der Waals surface area contributed by atoms with E-state index < -0.39 is 5.91 Å². The maximum Gasteiger partial charge on any atom is 0.273 e. The molecule has 10 nitrogen and oxygen atoms in total. The third-order valence-corrected chi connectivity index (χ3v) is 3.95. The monoisotopic (exact) mass is 354 g/mol. The summed E-state index contributed by atoms with van der Waals surface area (Å²) < 4.78 is 5.80. The minimum Gasteiger partial charge on any atom is -0.491 e. The van der Waals surface area contributed by atoms with Crippen LogP contribution in [-0.2, 0) is 0 Å². The Bertz CT molecular complexity index is 812. The van der Waals surface area contributed by atoms with E-state index in [0.29, 0.717) is 24.2 Å². The number of rotatable bonds is 6. The summed E-state index contributed by atoms with van der Waals surface area (Å²) in [4.78, 5) is 19.5. The van der Waals surface area contributed by atoms with E-state index in [-0.39, 0.29) is 17.1 Å². The van der Waals surface area contributed by atoms with Gasteiger partial charge in [-0.2, -0.15) is 5.26 Å². The Labute approximate surface area is 149 Å². The second-order valence-electron chi connectivity index (χ2n) is 5.83. The number of carbonyl (C=O) groups excluding carboxylic acids is 1. The molecule has 0 unspecified atom stereocenters. The third kappa shape index (κ3) is 4.40. The van der Waals surface area contributed by atoms with Gasteiger partial charge in [0.25, 0.3) is 5.91 Å². The van der Waals surface area contributed by atoms with E-state index in [2.05, 4.69) is 30.8 Å². The second-order valence-corrected chi connectivity index (χ2v) is 5.83. The Hall–Kier alpha value is -3.32. The normalized spacial score (nSPS) is 14.4. The van der Waals surface area contributed by atoms with Gasteiger partial charge in [-0.1, -0.05) is 0 Å². The highest BCUT2D eigenvalue weighted by atomic mass is 16.5. The first-order chi connectivity index (χ1) is 12.7. The van der Waals surface area contributed by atoms with Crippen molar-refractivity contribution in [3.63, 3.8) is 0 Å². The number of amides is 1. The molecule has 134 valence electrons. The van der Waals surface area contributed by atoms with Gasteiger partial charge in [0.2, 0.25) is 0 Å². The molecule has 0 saturated carbocycles. The molecule has 3 heterocycles. The quantitative estimate of drug-likeness (QED) is 0.667. The number of carbonyl (C=O) groups is 1. The summed E-state index contributed by atoms with van der Waals surface area (Å²) in [7, 11) is 0. The Kier molecular flexibility index (Phi) is 5.50. The van der Waals surface area contributed by atoms with Gasteiger partial charge in [0.05, 0.1) is 19.0 Å². The van der Waals surface area contributed by atoms with E-state index in [1.165, 1.54) is 12.4 Å². The molecule has 10 heteroatoms. The average Bonchev–Trinajstić information content (AvgIpc) is 2.68. The highest BCUT2D eigenvalue weighted by Crippen LogP contribution is 2.22. The van der Waals surface area contributed by atoms with Crippen LogP contribution < -0.4 is 21.1 Å². The van der Waals surface area contributed by atoms with Crippen LogP contribution in [0.4, 0.5) is 11.6 Å². The lowest BCUT2D eigenvalue weighted by Gasteiger charge is -2.23. The molecule has 1 aliphatic heterocycles. The molecular formula is C16H18N8O2. The van der Waals surface area contributed by atoms with Crippen molar-refractivity contribution in [2.24, 2.45) is 11.7 Å². The predicted octanol–water partition coefficient (Wildman–Crippen LogP) is 0.359. The zero-order chi connectivity index (χ0) is 18.4. The van der Waals surface area contributed by atoms with Gasteiger partial charge in [0.15, 0.2) is 23.0 Å². The summed E-state index contributed by atoms with van der Waals surface area (Å²) in [6.07, 6.45) is 4.76. The summed E-state index contributed by atoms with van der Waals surface area (Å²) in [5, 5.41) is 22.7. The standard InChI is InChI=1S/C16H18N8O2/c17-6-11-7-21-14(8-20-11)22-13-5-12(15(16(18)25)24-23-13)26-9-10-1-3-19-4-2-10/h5,7-8,10,19H,1-4,9H2,(H2,18,25)(H,21,22,23). The largest absolute Gasteiger partial charge is 0.491 e. The van der Waals surface area contributed by atoms with Gasteiger partial charge < -0.3 is 21.1 Å². The fraction of sp³-hybridized carbons (Fsp3) is 0.375. The van der Waals surface area contributed by atoms with E-state index in [1.54, 1.807) is 6.07 Å². The summed E-state index contributed by atoms with van der Waals surface area (Å²) >= 11 is 0. The molecular weight excluding hydrogens is 336 g/mol. The maximum atomic E-state index is 11.6. The van der Waals surface area contributed by atoms with E-state index in [4.69, 9.17) is 15.7 Å². The van der Waals surface area contributed by atoms with Crippen LogP contribution in [0.3, 0.4) is 0 Å². The summed E-state index contributed by atoms with van der Waals surface area (Å²) in [5.74, 6) is 0.687. The smallest absolute Gasteiger partial charge is 0.273 e. The maximum absolute atomic E-state index is 11.6. The van der Waals surface area contributed by atoms with Gasteiger partial charge in [-0.05, 0) is 31.8 Å². The van der Waals surface area contributed by atoms with Crippen LogP contribution in [-0.4, -0.2) is 45.8 Å². The first-order valence-corrected chi connectivity index (χ1v) is 8.16. The summed E-state index contributed by atoms with van der Waals surface area (Å²) in [6, 6.07) is 3.44. The van der Waals surface area contributed by atoms with Gasteiger partial charge in [-0.15, -0.1) is 10.2 Å². The van der Waals surface area contributed by atoms with Crippen molar-refractivity contribution in [2.45, 2.75) is 12.8 Å². The van der Waals surface area contributed by atoms with Crippen molar-refractivity contribution in [3.05, 3.63) is 29.8 Å². The summed E-state index contributed by atoms with van der Waals surface area (Å²) in [5.41, 5.74) is 5.54. The number of hydrogen-bond donors (Lipinski definition) is 3. The van der Waals surface area contributed by atoms with E-state index in [0.717, 1.165) is 25.9 Å². The minimum absolute atomic E-state index is 0.0182. The highest BCUT2D eigenvalue weighted by molar-refractivity contribution is 5.93. The number of ether oxygens (including phenoxy) is 1. The molecule has 1 amide bonds. The molecule has 0 atom stereocenters. The van der Waals surface area contributed by atoms with Gasteiger partial charge >= 0.3 is 0 Å². The van der Waals surface area contributed by atoms with Crippen LogP contribution in [0.2, 0.25) is 0 Å². The lowest BCUT2D eigenvalue weighted by atomic mass is 9.99. The van der Waals surface area contributed by atoms with Gasteiger partial charge in [0.1, 0.15) is 11.9 Å². The number of aromatic nitrogens is 4. The minimum atomic E-state index is -0.706. The molecule has 2 aromatic heterocycles. The van der Waals surface area contributed by atoms with E-state index >= 15 is 0 Å². The van der Waals surface area contributed by atoms with Gasteiger partial charge in [-0.3, -0.25) is 4.79 Å². The van der Waals surface area contributed by atoms with E-state index in [1.807, 2.05) is 6.07 Å². The summed E-state index contributed by atoms with van der Waals surface area (Å²) in [6.45, 7) is 2.38. The third-order valence-electron chi connectivity index (χ3n) is 3.95. The number of nitrogens with one attached hydrogen (secondary N) is 2. The second kappa shape index (κ2) is 8.17. The molecule has 26 heavy (non-hydrogen) atoms. The first kappa shape index (κ1) is 17.5. The topological polar surface area (TPSA) is 152 Å². The van der Waals surface area contributed by atoms with Crippen molar-refractivity contribution in [3.8, 4) is 11.8 Å². The van der Waals surface area contributed by atoms with Crippen molar-refractivity contribution in [2.75, 3.05) is 25.0 Å². The van der Waals surface area contributed by atoms with Crippen LogP contribution >= 0.6 is 0 Å². The van der Waals surface area contributed by atoms with E-state index in [9.17, 15) is 4.79 Å². The average molecular weight is 354 g/mol. The number of nitriles is 1. The Morgan fingerprint density at radius 2 is 2.12 bits per heavy atom. The number of nitrogens with two attached hydrogens (primary N) is 1. The number of hydrogen-bond acceptors (Lipinski definition) is 9. The number of primary amides is 1. The number of anilines is 2. The Balaban J connectivity index is 1.74. The van der Waals surface area contributed by atoms with Crippen molar-refractivity contribution >= 4 is 17.5 Å². The molecule has 3 rings (SSSR count). The van der Waals surface area contributed by atoms with Crippen LogP contribution in [0, 0.1) is 17.2 Å². The van der Waals surface area contributed by atoms with Crippen molar-refractivity contribution in [1.82, 2.24) is 25.5 Å². The van der Waals surface area contributed by atoms with Crippen LogP contribution in [0.1, 0.15) is 29.0 Å². The van der Waals surface area contributed by atoms with Crippen molar-refractivity contribution in [1.29, 1.82) is 5.26 Å². The lowest BCUT2D eigenvalue weighted by molar-refractivity contribution is 0.0988. The Morgan fingerprint density at radius 3 is 2.77 bits per heavy atom. The number of piperidine rings is 1. The van der Waals surface area contributed by atoms with Gasteiger partial charge in [-0.25, -0.2) is 9.97 Å². The lowest BCUT2D eigenvalue weighted by Crippen LogP contribution is -2.31. The zero-order valence-electron chi connectivity index (χ0n) is 14.0. The molecule has 0 aromatic carbocycles.